The molecule has 6 heteroatoms. The fourth-order valence-corrected chi connectivity index (χ4v) is 1.80. The maximum Gasteiger partial charge on any atom is 0.292 e. The smallest absolute Gasteiger partial charge is 0.292 e. The van der Waals surface area contributed by atoms with E-state index in [1.54, 1.807) is 6.07 Å². The first-order valence-electron chi connectivity index (χ1n) is 6.24. The molecule has 0 saturated carbocycles. The van der Waals surface area contributed by atoms with Crippen LogP contribution in [0.15, 0.2) is 18.2 Å². The number of benzene rings is 1. The Morgan fingerprint density at radius 2 is 2.16 bits per heavy atom. The second kappa shape index (κ2) is 7.31. The number of nitrogens with one attached hydrogen (secondary N) is 1. The van der Waals surface area contributed by atoms with Crippen LogP contribution in [0.5, 0.6) is 0 Å². The Morgan fingerprint density at radius 1 is 1.47 bits per heavy atom. The minimum Gasteiger partial charge on any atom is -0.380 e. The lowest BCUT2D eigenvalue weighted by Crippen LogP contribution is -2.31. The van der Waals surface area contributed by atoms with Crippen LogP contribution in [0.1, 0.15) is 20.8 Å². The van der Waals surface area contributed by atoms with E-state index in [0.29, 0.717) is 23.9 Å². The van der Waals surface area contributed by atoms with Crippen LogP contribution in [-0.2, 0) is 4.74 Å². The normalized spacial score (nSPS) is 12.5. The quantitative estimate of drug-likeness (QED) is 0.613. The van der Waals surface area contributed by atoms with Crippen LogP contribution in [0.3, 0.4) is 0 Å². The monoisotopic (exact) mass is 286 g/mol. The van der Waals surface area contributed by atoms with E-state index in [2.05, 4.69) is 5.32 Å². The topological polar surface area (TPSA) is 64.4 Å². The fourth-order valence-electron chi connectivity index (χ4n) is 1.63. The van der Waals surface area contributed by atoms with Crippen LogP contribution in [0.4, 0.5) is 11.4 Å². The first-order valence-corrected chi connectivity index (χ1v) is 6.61. The largest absolute Gasteiger partial charge is 0.380 e. The Hall–Kier alpha value is -1.33. The van der Waals surface area contributed by atoms with Gasteiger partial charge in [-0.1, -0.05) is 25.4 Å². The summed E-state index contributed by atoms with van der Waals surface area (Å²) < 4.78 is 5.39. The highest BCUT2D eigenvalue weighted by atomic mass is 35.5. The van der Waals surface area contributed by atoms with Gasteiger partial charge in [0.2, 0.25) is 0 Å². The van der Waals surface area contributed by atoms with Crippen LogP contribution < -0.4 is 5.32 Å². The Labute approximate surface area is 118 Å². The Balaban J connectivity index is 2.94. The van der Waals surface area contributed by atoms with Crippen molar-refractivity contribution in [2.45, 2.75) is 26.8 Å². The summed E-state index contributed by atoms with van der Waals surface area (Å²) in [5, 5.41) is 14.6. The van der Waals surface area contributed by atoms with E-state index >= 15 is 0 Å². The molecule has 0 spiro atoms. The standard InChI is InChI=1S/C13H19ClN2O3/c1-4-19-8-12(9(2)3)15-11-7-10(14)5-6-13(11)16(17)18/h5-7,9,12,15H,4,8H2,1-3H3. The molecule has 0 radical (unpaired) electrons. The molecule has 0 fully saturated rings. The maximum atomic E-state index is 11.0. The number of hydrogen-bond donors (Lipinski definition) is 1. The molecule has 1 unspecified atom stereocenters. The summed E-state index contributed by atoms with van der Waals surface area (Å²) in [7, 11) is 0. The van der Waals surface area contributed by atoms with Gasteiger partial charge in [-0.25, -0.2) is 0 Å². The van der Waals surface area contributed by atoms with E-state index in [4.69, 9.17) is 16.3 Å². The molecule has 106 valence electrons. The average Bonchev–Trinajstić information content (AvgIpc) is 2.33. The van der Waals surface area contributed by atoms with Crippen LogP contribution in [0, 0.1) is 16.0 Å². The van der Waals surface area contributed by atoms with Gasteiger partial charge in [0.25, 0.3) is 5.69 Å². The van der Waals surface area contributed by atoms with Crippen LogP contribution in [0.2, 0.25) is 5.02 Å². The molecule has 0 aliphatic heterocycles. The van der Waals surface area contributed by atoms with E-state index in [0.717, 1.165) is 0 Å². The first-order chi connectivity index (χ1) is 8.95. The summed E-state index contributed by atoms with van der Waals surface area (Å²) in [6, 6.07) is 4.48. The van der Waals surface area contributed by atoms with Gasteiger partial charge in [-0.05, 0) is 25.0 Å². The highest BCUT2D eigenvalue weighted by Crippen LogP contribution is 2.29. The van der Waals surface area contributed by atoms with Gasteiger partial charge >= 0.3 is 0 Å². The molecule has 1 rings (SSSR count). The van der Waals surface area contributed by atoms with E-state index in [9.17, 15) is 10.1 Å². The molecular formula is C13H19ClN2O3. The van der Waals surface area contributed by atoms with E-state index < -0.39 is 4.92 Å². The van der Waals surface area contributed by atoms with Gasteiger partial charge in [0.1, 0.15) is 5.69 Å². The third-order valence-corrected chi connectivity index (χ3v) is 3.04. The lowest BCUT2D eigenvalue weighted by atomic mass is 10.0. The predicted octanol–water partition coefficient (Wildman–Crippen LogP) is 3.72. The van der Waals surface area contributed by atoms with Gasteiger partial charge in [0.15, 0.2) is 0 Å². The fraction of sp³-hybridized carbons (Fsp3) is 0.538. The molecule has 0 heterocycles. The van der Waals surface area contributed by atoms with Gasteiger partial charge < -0.3 is 10.1 Å². The van der Waals surface area contributed by atoms with Crippen molar-refractivity contribution in [2.75, 3.05) is 18.5 Å². The molecule has 0 saturated heterocycles. The third-order valence-electron chi connectivity index (χ3n) is 2.80. The van der Waals surface area contributed by atoms with Gasteiger partial charge in [0, 0.05) is 17.7 Å². The second-order valence-electron chi connectivity index (χ2n) is 4.57. The summed E-state index contributed by atoms with van der Waals surface area (Å²) in [6.07, 6.45) is 0. The summed E-state index contributed by atoms with van der Waals surface area (Å²) in [6.45, 7) is 7.10. The summed E-state index contributed by atoms with van der Waals surface area (Å²) >= 11 is 5.90. The lowest BCUT2D eigenvalue weighted by molar-refractivity contribution is -0.384. The zero-order valence-electron chi connectivity index (χ0n) is 11.4. The zero-order valence-corrected chi connectivity index (χ0v) is 12.1. The molecule has 5 nitrogen and oxygen atoms in total. The highest BCUT2D eigenvalue weighted by Gasteiger charge is 2.19. The molecule has 1 aromatic carbocycles. The Kier molecular flexibility index (Phi) is 6.05. The zero-order chi connectivity index (χ0) is 14.4. The number of nitrogens with zero attached hydrogens (tertiary/aromatic N) is 1. The van der Waals surface area contributed by atoms with Crippen molar-refractivity contribution in [2.24, 2.45) is 5.92 Å². The van der Waals surface area contributed by atoms with Gasteiger partial charge in [-0.2, -0.15) is 0 Å². The minimum atomic E-state index is -0.420. The lowest BCUT2D eigenvalue weighted by Gasteiger charge is -2.23. The predicted molar refractivity (Wildman–Crippen MR) is 76.8 cm³/mol. The molecular weight excluding hydrogens is 268 g/mol. The Bertz CT molecular complexity index is 438. The summed E-state index contributed by atoms with van der Waals surface area (Å²) in [5.74, 6) is 0.283. The number of halogens is 1. The van der Waals surface area contributed by atoms with Gasteiger partial charge in [-0.3, -0.25) is 10.1 Å². The van der Waals surface area contributed by atoms with Crippen LogP contribution in [0.25, 0.3) is 0 Å². The number of ether oxygens (including phenoxy) is 1. The van der Waals surface area contributed by atoms with Crippen molar-refractivity contribution in [3.63, 3.8) is 0 Å². The number of nitro benzene ring substituents is 1. The highest BCUT2D eigenvalue weighted by molar-refractivity contribution is 6.31. The number of nitro groups is 1. The first kappa shape index (κ1) is 15.7. The number of rotatable bonds is 7. The van der Waals surface area contributed by atoms with E-state index in [1.165, 1.54) is 12.1 Å². The second-order valence-corrected chi connectivity index (χ2v) is 5.01. The molecule has 1 N–H and O–H groups in total. The van der Waals surface area contributed by atoms with Crippen LogP contribution >= 0.6 is 11.6 Å². The van der Waals surface area contributed by atoms with Crippen molar-refractivity contribution in [1.82, 2.24) is 0 Å². The number of hydrogen-bond acceptors (Lipinski definition) is 4. The summed E-state index contributed by atoms with van der Waals surface area (Å²) in [5.41, 5.74) is 0.447. The third kappa shape index (κ3) is 4.69. The van der Waals surface area contributed by atoms with Crippen molar-refractivity contribution < 1.29 is 9.66 Å². The Morgan fingerprint density at radius 3 is 2.68 bits per heavy atom. The van der Waals surface area contributed by atoms with Crippen molar-refractivity contribution in [1.29, 1.82) is 0 Å². The summed E-state index contributed by atoms with van der Waals surface area (Å²) in [4.78, 5) is 10.6. The number of anilines is 1. The average molecular weight is 287 g/mol. The molecule has 0 aromatic heterocycles. The van der Waals surface area contributed by atoms with Crippen molar-refractivity contribution in [3.05, 3.63) is 33.3 Å². The van der Waals surface area contributed by atoms with Crippen molar-refractivity contribution in [3.8, 4) is 0 Å². The van der Waals surface area contributed by atoms with Crippen molar-refractivity contribution >= 4 is 23.0 Å². The maximum absolute atomic E-state index is 11.0. The SMILES string of the molecule is CCOCC(Nc1cc(Cl)ccc1[N+](=O)[O-])C(C)C. The van der Waals surface area contributed by atoms with Crippen LogP contribution in [-0.4, -0.2) is 24.2 Å². The molecule has 0 bridgehead atoms. The molecule has 19 heavy (non-hydrogen) atoms. The molecule has 0 aliphatic carbocycles. The van der Waals surface area contributed by atoms with E-state index in [-0.39, 0.29) is 17.6 Å². The van der Waals surface area contributed by atoms with Gasteiger partial charge in [-0.15, -0.1) is 0 Å². The molecule has 1 atom stereocenters. The van der Waals surface area contributed by atoms with Gasteiger partial charge in [0.05, 0.1) is 17.6 Å². The molecule has 0 amide bonds. The minimum absolute atomic E-state index is 0.00267. The molecule has 0 aliphatic rings. The molecule has 1 aromatic rings. The van der Waals surface area contributed by atoms with E-state index in [1.807, 2.05) is 20.8 Å².